The van der Waals surface area contributed by atoms with E-state index in [0.717, 1.165) is 12.0 Å². The van der Waals surface area contributed by atoms with E-state index in [1.54, 1.807) is 12.1 Å². The van der Waals surface area contributed by atoms with Gasteiger partial charge in [0.1, 0.15) is 5.75 Å². The zero-order chi connectivity index (χ0) is 13.7. The molecule has 0 radical (unpaired) electrons. The van der Waals surface area contributed by atoms with E-state index in [9.17, 15) is 10.2 Å². The van der Waals surface area contributed by atoms with E-state index >= 15 is 0 Å². The van der Waals surface area contributed by atoms with Crippen molar-refractivity contribution < 1.29 is 14.9 Å². The highest BCUT2D eigenvalue weighted by atomic mass is 16.5. The molecule has 0 aliphatic carbocycles. The van der Waals surface area contributed by atoms with Crippen LogP contribution in [0.4, 0.5) is 0 Å². The summed E-state index contributed by atoms with van der Waals surface area (Å²) in [6.07, 6.45) is 2.31. The Morgan fingerprint density at radius 1 is 1.26 bits per heavy atom. The summed E-state index contributed by atoms with van der Waals surface area (Å²) in [4.78, 5) is 0. The fourth-order valence-corrected chi connectivity index (χ4v) is 2.45. The lowest BCUT2D eigenvalue weighted by molar-refractivity contribution is -0.0628. The molecule has 0 amide bonds. The van der Waals surface area contributed by atoms with Crippen molar-refractivity contribution >= 4 is 0 Å². The molecular formula is C15H23NO3. The lowest BCUT2D eigenvalue weighted by Crippen LogP contribution is -2.45. The molecule has 4 nitrogen and oxygen atoms in total. The molecule has 1 aromatic rings. The van der Waals surface area contributed by atoms with Crippen LogP contribution in [0.1, 0.15) is 37.8 Å². The molecule has 1 atom stereocenters. The van der Waals surface area contributed by atoms with Gasteiger partial charge in [0.25, 0.3) is 0 Å². The molecule has 106 valence electrons. The Balaban J connectivity index is 1.93. The second kappa shape index (κ2) is 6.37. The minimum atomic E-state index is -0.650. The number of hydrogen-bond donors (Lipinski definition) is 3. The Hall–Kier alpha value is -1.10. The van der Waals surface area contributed by atoms with Crippen LogP contribution in [-0.2, 0) is 4.74 Å². The van der Waals surface area contributed by atoms with Crippen LogP contribution >= 0.6 is 0 Å². The third kappa shape index (κ3) is 3.93. The smallest absolute Gasteiger partial charge is 0.115 e. The summed E-state index contributed by atoms with van der Waals surface area (Å²) in [5.74, 6) is 0.279. The Labute approximate surface area is 114 Å². The molecule has 0 spiro atoms. The summed E-state index contributed by atoms with van der Waals surface area (Å²) in [6, 6.07) is 7.44. The van der Waals surface area contributed by atoms with Crippen LogP contribution in [0.25, 0.3) is 0 Å². The molecule has 1 heterocycles. The molecule has 1 aromatic carbocycles. The van der Waals surface area contributed by atoms with Crippen LogP contribution < -0.4 is 5.32 Å². The van der Waals surface area contributed by atoms with Gasteiger partial charge in [-0.2, -0.15) is 0 Å². The monoisotopic (exact) mass is 265 g/mol. The number of phenols is 1. The summed E-state index contributed by atoms with van der Waals surface area (Å²) in [5, 5.41) is 23.2. The Morgan fingerprint density at radius 2 is 1.89 bits per heavy atom. The lowest BCUT2D eigenvalue weighted by atomic mass is 9.93. The molecule has 1 aliphatic rings. The normalized spacial score (nSPS) is 20.1. The molecule has 0 bridgehead atoms. The predicted octanol–water partition coefficient (Wildman–Crippen LogP) is 1.97. The van der Waals surface area contributed by atoms with Crippen molar-refractivity contribution in [2.75, 3.05) is 19.8 Å². The molecule has 0 saturated carbocycles. The third-order valence-electron chi connectivity index (χ3n) is 3.80. The number of aliphatic hydroxyl groups is 1. The second-order valence-electron chi connectivity index (χ2n) is 5.27. The first-order valence-corrected chi connectivity index (χ1v) is 6.95. The van der Waals surface area contributed by atoms with Crippen molar-refractivity contribution in [1.29, 1.82) is 0 Å². The van der Waals surface area contributed by atoms with Crippen molar-refractivity contribution in [3.63, 3.8) is 0 Å². The van der Waals surface area contributed by atoms with Crippen LogP contribution in [0.15, 0.2) is 24.3 Å². The maximum absolute atomic E-state index is 10.4. The quantitative estimate of drug-likeness (QED) is 0.762. The van der Waals surface area contributed by atoms with Crippen LogP contribution in [0.5, 0.6) is 5.75 Å². The first-order chi connectivity index (χ1) is 9.13. The van der Waals surface area contributed by atoms with E-state index in [1.165, 1.54) is 0 Å². The van der Waals surface area contributed by atoms with Crippen LogP contribution in [0, 0.1) is 0 Å². The summed E-state index contributed by atoms with van der Waals surface area (Å²) >= 11 is 0. The molecule has 0 aromatic heterocycles. The Morgan fingerprint density at radius 3 is 2.47 bits per heavy atom. The fourth-order valence-electron chi connectivity index (χ4n) is 2.45. The first-order valence-electron chi connectivity index (χ1n) is 6.95. The molecule has 4 heteroatoms. The summed E-state index contributed by atoms with van der Waals surface area (Å²) in [5.41, 5.74) is 0.485. The van der Waals surface area contributed by atoms with Crippen LogP contribution in [0.3, 0.4) is 0 Å². The molecule has 1 aliphatic heterocycles. The minimum Gasteiger partial charge on any atom is -0.508 e. The molecule has 19 heavy (non-hydrogen) atoms. The Bertz CT molecular complexity index is 385. The van der Waals surface area contributed by atoms with Gasteiger partial charge < -0.3 is 20.3 Å². The number of ether oxygens (including phenoxy) is 1. The van der Waals surface area contributed by atoms with E-state index < -0.39 is 5.60 Å². The van der Waals surface area contributed by atoms with Gasteiger partial charge in [0.2, 0.25) is 0 Å². The van der Waals surface area contributed by atoms with Gasteiger partial charge in [0, 0.05) is 38.6 Å². The van der Waals surface area contributed by atoms with Gasteiger partial charge in [0.05, 0.1) is 5.60 Å². The topological polar surface area (TPSA) is 61.7 Å². The van der Waals surface area contributed by atoms with E-state index in [4.69, 9.17) is 4.74 Å². The number of hydrogen-bond acceptors (Lipinski definition) is 4. The first kappa shape index (κ1) is 14.3. The number of phenolic OH excluding ortho intramolecular Hbond substituents is 1. The standard InChI is InChI=1S/C15H23NO3/c1-2-14(12-3-5-13(17)6-4-12)16-11-15(18)7-9-19-10-8-15/h3-6,14,16-18H,2,7-11H2,1H3. The van der Waals surface area contributed by atoms with Crippen molar-refractivity contribution in [2.24, 2.45) is 0 Å². The maximum Gasteiger partial charge on any atom is 0.115 e. The number of aromatic hydroxyl groups is 1. The van der Waals surface area contributed by atoms with Crippen molar-refractivity contribution in [3.8, 4) is 5.75 Å². The highest BCUT2D eigenvalue weighted by Gasteiger charge is 2.30. The lowest BCUT2D eigenvalue weighted by Gasteiger charge is -2.33. The summed E-state index contributed by atoms with van der Waals surface area (Å²) < 4.78 is 5.28. The molecule has 2 rings (SSSR count). The Kier molecular flexibility index (Phi) is 4.80. The largest absolute Gasteiger partial charge is 0.508 e. The van der Waals surface area contributed by atoms with Crippen molar-refractivity contribution in [2.45, 2.75) is 37.8 Å². The average Bonchev–Trinajstić information content (AvgIpc) is 2.42. The fraction of sp³-hybridized carbons (Fsp3) is 0.600. The zero-order valence-electron chi connectivity index (χ0n) is 11.4. The van der Waals surface area contributed by atoms with E-state index in [0.29, 0.717) is 32.6 Å². The van der Waals surface area contributed by atoms with Crippen LogP contribution in [0.2, 0.25) is 0 Å². The van der Waals surface area contributed by atoms with Gasteiger partial charge >= 0.3 is 0 Å². The summed E-state index contributed by atoms with van der Waals surface area (Å²) in [7, 11) is 0. The van der Waals surface area contributed by atoms with Gasteiger partial charge in [-0.3, -0.25) is 0 Å². The maximum atomic E-state index is 10.4. The van der Waals surface area contributed by atoms with Gasteiger partial charge in [0.15, 0.2) is 0 Å². The predicted molar refractivity (Wildman–Crippen MR) is 74.1 cm³/mol. The average molecular weight is 265 g/mol. The molecule has 1 saturated heterocycles. The number of nitrogens with one attached hydrogen (secondary N) is 1. The minimum absolute atomic E-state index is 0.201. The highest BCUT2D eigenvalue weighted by molar-refractivity contribution is 5.28. The highest BCUT2D eigenvalue weighted by Crippen LogP contribution is 2.23. The van der Waals surface area contributed by atoms with E-state index in [2.05, 4.69) is 12.2 Å². The van der Waals surface area contributed by atoms with E-state index in [-0.39, 0.29) is 11.8 Å². The van der Waals surface area contributed by atoms with E-state index in [1.807, 2.05) is 12.1 Å². The zero-order valence-corrected chi connectivity index (χ0v) is 11.4. The van der Waals surface area contributed by atoms with Gasteiger partial charge in [-0.1, -0.05) is 19.1 Å². The third-order valence-corrected chi connectivity index (χ3v) is 3.80. The summed E-state index contributed by atoms with van der Waals surface area (Å²) in [6.45, 7) is 3.96. The van der Waals surface area contributed by atoms with Gasteiger partial charge in [-0.05, 0) is 24.1 Å². The SMILES string of the molecule is CCC(NCC1(O)CCOCC1)c1ccc(O)cc1. The number of benzene rings is 1. The van der Waals surface area contributed by atoms with Gasteiger partial charge in [-0.15, -0.1) is 0 Å². The second-order valence-corrected chi connectivity index (χ2v) is 5.27. The van der Waals surface area contributed by atoms with Crippen molar-refractivity contribution in [1.82, 2.24) is 5.32 Å². The van der Waals surface area contributed by atoms with Crippen molar-refractivity contribution in [3.05, 3.63) is 29.8 Å². The molecular weight excluding hydrogens is 242 g/mol. The van der Waals surface area contributed by atoms with Crippen LogP contribution in [-0.4, -0.2) is 35.6 Å². The number of rotatable bonds is 5. The molecule has 1 unspecified atom stereocenters. The molecule has 3 N–H and O–H groups in total. The van der Waals surface area contributed by atoms with Gasteiger partial charge in [-0.25, -0.2) is 0 Å². The molecule has 1 fully saturated rings.